The van der Waals surface area contributed by atoms with Crippen molar-refractivity contribution in [2.45, 2.75) is 13.8 Å². The standard InChI is InChI=1S/C26H22BrN3O3/c1-15-8-9-16(2)19(10-15)23-13-20(18-6-4-5-7-22(18)29-23)26(32)30-28-14-17-11-21(27)25(31)24(12-17)33-3/h4-14,31H,1-3H3,(H,30,32). The van der Waals surface area contributed by atoms with Crippen LogP contribution in [0.1, 0.15) is 27.0 Å². The minimum absolute atomic E-state index is 0.000845. The van der Waals surface area contributed by atoms with Crippen molar-refractivity contribution in [3.63, 3.8) is 0 Å². The van der Waals surface area contributed by atoms with E-state index in [0.29, 0.717) is 21.3 Å². The molecular weight excluding hydrogens is 482 g/mol. The number of aromatic nitrogens is 1. The van der Waals surface area contributed by atoms with Crippen molar-refractivity contribution in [1.29, 1.82) is 0 Å². The molecule has 0 aliphatic heterocycles. The molecule has 2 N–H and O–H groups in total. The second-order valence-electron chi connectivity index (χ2n) is 7.64. The van der Waals surface area contributed by atoms with Gasteiger partial charge in [-0.25, -0.2) is 10.4 Å². The number of methoxy groups -OCH3 is 1. The average molecular weight is 504 g/mol. The smallest absolute Gasteiger partial charge is 0.272 e. The van der Waals surface area contributed by atoms with Crippen LogP contribution in [0.25, 0.3) is 22.2 Å². The number of benzene rings is 3. The van der Waals surface area contributed by atoms with E-state index in [1.54, 1.807) is 18.2 Å². The van der Waals surface area contributed by atoms with Gasteiger partial charge in [0.25, 0.3) is 5.91 Å². The first-order chi connectivity index (χ1) is 15.9. The van der Waals surface area contributed by atoms with Gasteiger partial charge < -0.3 is 9.84 Å². The number of phenolic OH excluding ortho intramolecular Hbond substituents is 1. The maximum absolute atomic E-state index is 13.1. The van der Waals surface area contributed by atoms with Crippen LogP contribution in [0.3, 0.4) is 0 Å². The van der Waals surface area contributed by atoms with Gasteiger partial charge in [0.2, 0.25) is 0 Å². The van der Waals surface area contributed by atoms with E-state index in [1.165, 1.54) is 13.3 Å². The zero-order valence-corrected chi connectivity index (χ0v) is 20.0. The number of rotatable bonds is 5. The summed E-state index contributed by atoms with van der Waals surface area (Å²) in [4.78, 5) is 17.9. The first-order valence-corrected chi connectivity index (χ1v) is 11.0. The molecule has 4 rings (SSSR count). The zero-order chi connectivity index (χ0) is 23.5. The Morgan fingerprint density at radius 2 is 1.91 bits per heavy atom. The van der Waals surface area contributed by atoms with Crippen LogP contribution in [0, 0.1) is 13.8 Å². The van der Waals surface area contributed by atoms with E-state index in [9.17, 15) is 9.90 Å². The number of halogens is 1. The first-order valence-electron chi connectivity index (χ1n) is 10.2. The molecule has 0 saturated heterocycles. The quantitative estimate of drug-likeness (QED) is 0.268. The molecule has 0 unspecified atom stereocenters. The van der Waals surface area contributed by atoms with Gasteiger partial charge >= 0.3 is 0 Å². The van der Waals surface area contributed by atoms with Gasteiger partial charge in [0.05, 0.1) is 34.6 Å². The molecule has 0 bridgehead atoms. The Morgan fingerprint density at radius 3 is 2.70 bits per heavy atom. The molecule has 0 saturated carbocycles. The molecule has 0 fully saturated rings. The maximum atomic E-state index is 13.1. The molecule has 0 aliphatic rings. The van der Waals surface area contributed by atoms with Gasteiger partial charge in [0, 0.05) is 10.9 Å². The van der Waals surface area contributed by atoms with Gasteiger partial charge in [-0.15, -0.1) is 0 Å². The highest BCUT2D eigenvalue weighted by atomic mass is 79.9. The van der Waals surface area contributed by atoms with E-state index in [0.717, 1.165) is 33.3 Å². The largest absolute Gasteiger partial charge is 0.503 e. The number of aromatic hydroxyl groups is 1. The first kappa shape index (κ1) is 22.5. The molecule has 0 radical (unpaired) electrons. The van der Waals surface area contributed by atoms with Crippen molar-refractivity contribution in [2.24, 2.45) is 5.10 Å². The van der Waals surface area contributed by atoms with Crippen molar-refractivity contribution in [1.82, 2.24) is 10.4 Å². The van der Waals surface area contributed by atoms with Crippen molar-refractivity contribution in [3.8, 4) is 22.8 Å². The number of hydrogen-bond donors (Lipinski definition) is 2. The number of hydrazone groups is 1. The second kappa shape index (κ2) is 9.42. The summed E-state index contributed by atoms with van der Waals surface area (Å²) in [5, 5.41) is 14.8. The van der Waals surface area contributed by atoms with Crippen molar-refractivity contribution < 1.29 is 14.6 Å². The lowest BCUT2D eigenvalue weighted by Gasteiger charge is -2.11. The normalized spacial score (nSPS) is 11.2. The lowest BCUT2D eigenvalue weighted by atomic mass is 9.99. The number of hydrogen-bond acceptors (Lipinski definition) is 5. The highest BCUT2D eigenvalue weighted by Crippen LogP contribution is 2.34. The van der Waals surface area contributed by atoms with Gasteiger partial charge in [0.1, 0.15) is 0 Å². The van der Waals surface area contributed by atoms with E-state index in [2.05, 4.69) is 44.7 Å². The third-order valence-corrected chi connectivity index (χ3v) is 5.88. The Bertz CT molecular complexity index is 1400. The van der Waals surface area contributed by atoms with Crippen molar-refractivity contribution in [3.05, 3.63) is 87.4 Å². The summed E-state index contributed by atoms with van der Waals surface area (Å²) in [6, 6.07) is 18.8. The number of nitrogens with zero attached hydrogens (tertiary/aromatic N) is 2. The average Bonchev–Trinajstić information content (AvgIpc) is 2.81. The number of pyridine rings is 1. The van der Waals surface area contributed by atoms with E-state index >= 15 is 0 Å². The summed E-state index contributed by atoms with van der Waals surface area (Å²) in [6.07, 6.45) is 1.49. The fourth-order valence-electron chi connectivity index (χ4n) is 3.56. The predicted molar refractivity (Wildman–Crippen MR) is 134 cm³/mol. The van der Waals surface area contributed by atoms with Gasteiger partial charge in [-0.2, -0.15) is 5.10 Å². The summed E-state index contributed by atoms with van der Waals surface area (Å²) in [7, 11) is 1.46. The molecular formula is C26H22BrN3O3. The van der Waals surface area contributed by atoms with E-state index in [-0.39, 0.29) is 11.7 Å². The number of nitrogens with one attached hydrogen (secondary N) is 1. The molecule has 0 spiro atoms. The third kappa shape index (κ3) is 4.73. The number of phenols is 1. The summed E-state index contributed by atoms with van der Waals surface area (Å²) in [5.74, 6) is -0.0439. The molecule has 7 heteroatoms. The molecule has 3 aromatic carbocycles. The molecule has 33 heavy (non-hydrogen) atoms. The number of aryl methyl sites for hydroxylation is 2. The van der Waals surface area contributed by atoms with Crippen LogP contribution >= 0.6 is 15.9 Å². The number of ether oxygens (including phenoxy) is 1. The highest BCUT2D eigenvalue weighted by Gasteiger charge is 2.15. The predicted octanol–water partition coefficient (Wildman–Crippen LogP) is 5.76. The van der Waals surface area contributed by atoms with Crippen molar-refractivity contribution >= 4 is 39.0 Å². The summed E-state index contributed by atoms with van der Waals surface area (Å²) >= 11 is 3.28. The Morgan fingerprint density at radius 1 is 1.12 bits per heavy atom. The van der Waals surface area contributed by atoms with Crippen LogP contribution in [-0.4, -0.2) is 29.3 Å². The lowest BCUT2D eigenvalue weighted by Crippen LogP contribution is -2.18. The lowest BCUT2D eigenvalue weighted by molar-refractivity contribution is 0.0956. The highest BCUT2D eigenvalue weighted by molar-refractivity contribution is 9.10. The summed E-state index contributed by atoms with van der Waals surface area (Å²) < 4.78 is 5.61. The van der Waals surface area contributed by atoms with Crippen molar-refractivity contribution in [2.75, 3.05) is 7.11 Å². The molecule has 6 nitrogen and oxygen atoms in total. The van der Waals surface area contributed by atoms with Gasteiger partial charge in [0.15, 0.2) is 11.5 Å². The topological polar surface area (TPSA) is 83.8 Å². The van der Waals surface area contributed by atoms with Crippen LogP contribution in [0.5, 0.6) is 11.5 Å². The Balaban J connectivity index is 1.69. The summed E-state index contributed by atoms with van der Waals surface area (Å²) in [5.41, 5.74) is 8.39. The molecule has 0 aliphatic carbocycles. The monoisotopic (exact) mass is 503 g/mol. The van der Waals surface area contributed by atoms with E-state index in [1.807, 2.05) is 38.1 Å². The van der Waals surface area contributed by atoms with Gasteiger partial charge in [-0.1, -0.05) is 35.9 Å². The SMILES string of the molecule is COc1cc(C=NNC(=O)c2cc(-c3cc(C)ccc3C)nc3ccccc23)cc(Br)c1O. The number of fused-ring (bicyclic) bond motifs is 1. The fourth-order valence-corrected chi connectivity index (χ4v) is 4.02. The number of para-hydroxylation sites is 1. The van der Waals surface area contributed by atoms with Gasteiger partial charge in [-0.05, 0) is 71.2 Å². The number of carbonyl (C=O) groups excluding carboxylic acids is 1. The van der Waals surface area contributed by atoms with Gasteiger partial charge in [-0.3, -0.25) is 4.79 Å². The second-order valence-corrected chi connectivity index (χ2v) is 8.50. The number of carbonyl (C=O) groups is 1. The fraction of sp³-hybridized carbons (Fsp3) is 0.115. The van der Waals surface area contributed by atoms with E-state index in [4.69, 9.17) is 9.72 Å². The molecule has 1 amide bonds. The summed E-state index contributed by atoms with van der Waals surface area (Å²) in [6.45, 7) is 4.06. The molecule has 4 aromatic rings. The maximum Gasteiger partial charge on any atom is 0.272 e. The number of amides is 1. The van der Waals surface area contributed by atoms with Crippen LogP contribution in [0.2, 0.25) is 0 Å². The molecule has 0 atom stereocenters. The van der Waals surface area contributed by atoms with Crippen LogP contribution < -0.4 is 10.2 Å². The van der Waals surface area contributed by atoms with Crippen LogP contribution in [0.4, 0.5) is 0 Å². The molecule has 1 heterocycles. The molecule has 166 valence electrons. The third-order valence-electron chi connectivity index (χ3n) is 5.28. The molecule has 1 aromatic heterocycles. The van der Waals surface area contributed by atoms with Crippen LogP contribution in [0.15, 0.2) is 70.2 Å². The minimum atomic E-state index is -0.346. The Hall–Kier alpha value is -3.71. The Kier molecular flexibility index (Phi) is 6.42. The van der Waals surface area contributed by atoms with Crippen LogP contribution in [-0.2, 0) is 0 Å². The Labute approximate surface area is 200 Å². The zero-order valence-electron chi connectivity index (χ0n) is 18.4. The minimum Gasteiger partial charge on any atom is -0.503 e. The van der Waals surface area contributed by atoms with E-state index < -0.39 is 0 Å².